The fraction of sp³-hybridized carbons (Fsp3) is 0.208. The first-order valence-electron chi connectivity index (χ1n) is 9.98. The molecular formula is C24H24ClFN2O5. The van der Waals surface area contributed by atoms with Crippen molar-refractivity contribution in [1.29, 1.82) is 0 Å². The zero-order valence-corrected chi connectivity index (χ0v) is 19.2. The Morgan fingerprint density at radius 1 is 0.970 bits per heavy atom. The number of carbonyl (C=O) groups is 1. The van der Waals surface area contributed by atoms with Crippen LogP contribution in [0, 0.1) is 5.82 Å². The molecule has 0 fully saturated rings. The van der Waals surface area contributed by atoms with Gasteiger partial charge in [0.1, 0.15) is 11.6 Å². The van der Waals surface area contributed by atoms with Crippen LogP contribution in [0.2, 0.25) is 5.02 Å². The van der Waals surface area contributed by atoms with Crippen molar-refractivity contribution in [1.82, 2.24) is 0 Å². The summed E-state index contributed by atoms with van der Waals surface area (Å²) in [6, 6.07) is 12.7. The molecule has 1 amide bonds. The van der Waals surface area contributed by atoms with Gasteiger partial charge < -0.3 is 30.0 Å². The minimum absolute atomic E-state index is 0.0424. The number of methoxy groups -OCH3 is 3. The summed E-state index contributed by atoms with van der Waals surface area (Å²) in [5, 5.41) is 2.72. The van der Waals surface area contributed by atoms with E-state index in [1.54, 1.807) is 12.1 Å². The van der Waals surface area contributed by atoms with E-state index in [4.69, 9.17) is 36.3 Å². The van der Waals surface area contributed by atoms with Crippen LogP contribution in [0.15, 0.2) is 48.5 Å². The standard InChI is InChI=1S/C24H24ClFN2O5/c1-30-21-17(24(29)28-19-9-6-15(25)12-18(19)26)13-20(22(31-2)23(21)32-3)33-16-7-4-14(5-8-16)10-11-27/h4-9,12-13H,10-11,27H2,1-3H3,(H,28,29). The van der Waals surface area contributed by atoms with Crippen LogP contribution in [0.25, 0.3) is 0 Å². The lowest BCUT2D eigenvalue weighted by Crippen LogP contribution is -2.15. The summed E-state index contributed by atoms with van der Waals surface area (Å²) in [5.41, 5.74) is 6.67. The number of carbonyl (C=O) groups excluding carboxylic acids is 1. The van der Waals surface area contributed by atoms with Gasteiger partial charge in [-0.15, -0.1) is 0 Å². The van der Waals surface area contributed by atoms with Crippen LogP contribution in [-0.2, 0) is 6.42 Å². The predicted octanol–water partition coefficient (Wildman–Crippen LogP) is 5.05. The lowest BCUT2D eigenvalue weighted by atomic mass is 10.1. The van der Waals surface area contributed by atoms with E-state index < -0.39 is 11.7 Å². The van der Waals surface area contributed by atoms with E-state index in [2.05, 4.69) is 5.32 Å². The molecule has 0 saturated carbocycles. The normalized spacial score (nSPS) is 10.5. The number of nitrogens with two attached hydrogens (primary N) is 1. The Morgan fingerprint density at radius 2 is 1.64 bits per heavy atom. The smallest absolute Gasteiger partial charge is 0.259 e. The fourth-order valence-corrected chi connectivity index (χ4v) is 3.38. The average Bonchev–Trinajstić information content (AvgIpc) is 2.81. The zero-order valence-electron chi connectivity index (χ0n) is 18.4. The van der Waals surface area contributed by atoms with Gasteiger partial charge in [-0.05, 0) is 48.9 Å². The highest BCUT2D eigenvalue weighted by Crippen LogP contribution is 2.48. The first kappa shape index (κ1) is 24.2. The van der Waals surface area contributed by atoms with Gasteiger partial charge in [0.15, 0.2) is 11.5 Å². The monoisotopic (exact) mass is 474 g/mol. The third kappa shape index (κ3) is 5.47. The third-order valence-corrected chi connectivity index (χ3v) is 5.01. The molecule has 3 aromatic carbocycles. The Labute approximate surface area is 196 Å². The van der Waals surface area contributed by atoms with Crippen LogP contribution in [0.4, 0.5) is 10.1 Å². The predicted molar refractivity (Wildman–Crippen MR) is 125 cm³/mol. The molecule has 0 aliphatic rings. The van der Waals surface area contributed by atoms with E-state index in [0.717, 1.165) is 18.1 Å². The van der Waals surface area contributed by atoms with Crippen LogP contribution in [0.1, 0.15) is 15.9 Å². The van der Waals surface area contributed by atoms with E-state index in [-0.39, 0.29) is 39.3 Å². The van der Waals surface area contributed by atoms with Crippen molar-refractivity contribution in [3.05, 3.63) is 70.5 Å². The fourth-order valence-electron chi connectivity index (χ4n) is 3.22. The van der Waals surface area contributed by atoms with Crippen LogP contribution in [0.5, 0.6) is 28.7 Å². The molecule has 174 valence electrons. The van der Waals surface area contributed by atoms with Crippen LogP contribution < -0.4 is 30.0 Å². The highest BCUT2D eigenvalue weighted by molar-refractivity contribution is 6.30. The first-order chi connectivity index (χ1) is 15.9. The summed E-state index contributed by atoms with van der Waals surface area (Å²) in [6.07, 6.45) is 0.742. The van der Waals surface area contributed by atoms with E-state index >= 15 is 0 Å². The highest BCUT2D eigenvalue weighted by atomic mass is 35.5. The Morgan fingerprint density at radius 3 is 2.21 bits per heavy atom. The summed E-state index contributed by atoms with van der Waals surface area (Å²) in [4.78, 5) is 13.1. The van der Waals surface area contributed by atoms with Crippen molar-refractivity contribution in [2.24, 2.45) is 5.73 Å². The maximum absolute atomic E-state index is 14.2. The molecule has 0 bridgehead atoms. The largest absolute Gasteiger partial charge is 0.492 e. The quantitative estimate of drug-likeness (QED) is 0.451. The minimum atomic E-state index is -0.677. The number of amides is 1. The number of benzene rings is 3. The highest BCUT2D eigenvalue weighted by Gasteiger charge is 2.26. The maximum Gasteiger partial charge on any atom is 0.259 e. The summed E-state index contributed by atoms with van der Waals surface area (Å²) in [5.74, 6) is -0.109. The van der Waals surface area contributed by atoms with Crippen molar-refractivity contribution in [2.45, 2.75) is 6.42 Å². The molecule has 3 N–H and O–H groups in total. The lowest BCUT2D eigenvalue weighted by molar-refractivity contribution is 0.102. The summed E-state index contributed by atoms with van der Waals surface area (Å²) < 4.78 is 36.6. The van der Waals surface area contributed by atoms with Gasteiger partial charge in [0.05, 0.1) is 32.6 Å². The van der Waals surface area contributed by atoms with Crippen LogP contribution >= 0.6 is 11.6 Å². The van der Waals surface area contributed by atoms with Gasteiger partial charge in [-0.25, -0.2) is 4.39 Å². The number of rotatable bonds is 9. The van der Waals surface area contributed by atoms with Gasteiger partial charge in [0.25, 0.3) is 5.91 Å². The molecule has 0 spiro atoms. The second-order valence-electron chi connectivity index (χ2n) is 6.88. The number of ether oxygens (including phenoxy) is 4. The van der Waals surface area contributed by atoms with Crippen LogP contribution in [0.3, 0.4) is 0 Å². The first-order valence-corrected chi connectivity index (χ1v) is 10.4. The number of halogens is 2. The van der Waals surface area contributed by atoms with Gasteiger partial charge in [-0.2, -0.15) is 0 Å². The van der Waals surface area contributed by atoms with Crippen molar-refractivity contribution in [3.63, 3.8) is 0 Å². The number of hydrogen-bond acceptors (Lipinski definition) is 6. The molecule has 0 aromatic heterocycles. The zero-order chi connectivity index (χ0) is 24.0. The molecule has 33 heavy (non-hydrogen) atoms. The van der Waals surface area contributed by atoms with Crippen molar-refractivity contribution in [2.75, 3.05) is 33.2 Å². The molecule has 0 heterocycles. The van der Waals surface area contributed by atoms with Crippen molar-refractivity contribution < 1.29 is 28.1 Å². The molecule has 0 aliphatic carbocycles. The number of nitrogens with one attached hydrogen (secondary N) is 1. The van der Waals surface area contributed by atoms with E-state index in [0.29, 0.717) is 12.3 Å². The maximum atomic E-state index is 14.2. The Bertz CT molecular complexity index is 1140. The molecule has 0 atom stereocenters. The number of hydrogen-bond donors (Lipinski definition) is 2. The Balaban J connectivity index is 2.02. The van der Waals surface area contributed by atoms with E-state index in [1.165, 1.54) is 39.5 Å². The summed E-state index contributed by atoms with van der Waals surface area (Å²) >= 11 is 5.79. The topological polar surface area (TPSA) is 92.0 Å². The van der Waals surface area contributed by atoms with Crippen LogP contribution in [-0.4, -0.2) is 33.8 Å². The lowest BCUT2D eigenvalue weighted by Gasteiger charge is -2.19. The molecule has 9 heteroatoms. The van der Waals surface area contributed by atoms with E-state index in [1.807, 2.05) is 12.1 Å². The van der Waals surface area contributed by atoms with Crippen molar-refractivity contribution >= 4 is 23.2 Å². The van der Waals surface area contributed by atoms with Gasteiger partial charge >= 0.3 is 0 Å². The minimum Gasteiger partial charge on any atom is -0.492 e. The van der Waals surface area contributed by atoms with Gasteiger partial charge in [0.2, 0.25) is 11.5 Å². The average molecular weight is 475 g/mol. The third-order valence-electron chi connectivity index (χ3n) is 4.78. The molecule has 0 radical (unpaired) electrons. The Hall–Kier alpha value is -3.49. The molecule has 7 nitrogen and oxygen atoms in total. The molecule has 3 rings (SSSR count). The summed E-state index contributed by atoms with van der Waals surface area (Å²) in [6.45, 7) is 0.538. The summed E-state index contributed by atoms with van der Waals surface area (Å²) in [7, 11) is 4.23. The number of anilines is 1. The van der Waals surface area contributed by atoms with Gasteiger partial charge in [-0.3, -0.25) is 4.79 Å². The SMILES string of the molecule is COc1c(Oc2ccc(CCN)cc2)cc(C(=O)Nc2ccc(Cl)cc2F)c(OC)c1OC. The Kier molecular flexibility index (Phi) is 7.97. The van der Waals surface area contributed by atoms with Gasteiger partial charge in [0, 0.05) is 11.1 Å². The van der Waals surface area contributed by atoms with E-state index in [9.17, 15) is 9.18 Å². The molecule has 0 saturated heterocycles. The molecular weight excluding hydrogens is 451 g/mol. The van der Waals surface area contributed by atoms with Crippen molar-refractivity contribution in [3.8, 4) is 28.7 Å². The molecule has 3 aromatic rings. The molecule has 0 unspecified atom stereocenters. The van der Waals surface area contributed by atoms with Gasteiger partial charge in [-0.1, -0.05) is 23.7 Å². The second-order valence-corrected chi connectivity index (χ2v) is 7.32. The second kappa shape index (κ2) is 10.9. The molecule has 0 aliphatic heterocycles.